The molecule has 9 nitrogen and oxygen atoms in total. The first-order valence-corrected chi connectivity index (χ1v) is 12.3. The number of carbonyl (C=O) groups excluding carboxylic acids is 1. The van der Waals surface area contributed by atoms with Gasteiger partial charge >= 0.3 is 6.03 Å². The lowest BCUT2D eigenvalue weighted by molar-refractivity contribution is 0.102. The molecule has 0 saturated heterocycles. The number of hydrazone groups is 1. The van der Waals surface area contributed by atoms with Gasteiger partial charge in [0.05, 0.1) is 10.6 Å². The third-order valence-corrected chi connectivity index (χ3v) is 6.53. The number of rotatable bonds is 6. The van der Waals surface area contributed by atoms with Gasteiger partial charge in [-0.15, -0.1) is 0 Å². The van der Waals surface area contributed by atoms with Gasteiger partial charge in [-0.2, -0.15) is 5.10 Å². The average Bonchev–Trinajstić information content (AvgIpc) is 3.32. The van der Waals surface area contributed by atoms with Crippen LogP contribution >= 0.6 is 11.6 Å². The molecule has 0 radical (unpaired) electrons. The molecular weight excluding hydrogens is 497 g/mol. The second-order valence-electron chi connectivity index (χ2n) is 7.71. The van der Waals surface area contributed by atoms with Crippen LogP contribution in [-0.4, -0.2) is 43.0 Å². The van der Waals surface area contributed by atoms with Gasteiger partial charge < -0.3 is 15.7 Å². The molecule has 3 aromatic carbocycles. The number of amides is 2. The van der Waals surface area contributed by atoms with Crippen LogP contribution in [0.15, 0.2) is 76.7 Å². The van der Waals surface area contributed by atoms with Crippen LogP contribution in [0.4, 0.5) is 20.6 Å². The summed E-state index contributed by atoms with van der Waals surface area (Å²) in [6.45, 7) is 0. The summed E-state index contributed by atoms with van der Waals surface area (Å²) in [7, 11) is -4.02. The van der Waals surface area contributed by atoms with E-state index in [1.807, 2.05) is 0 Å². The van der Waals surface area contributed by atoms with E-state index in [1.165, 1.54) is 36.5 Å². The van der Waals surface area contributed by atoms with Crippen LogP contribution in [0.25, 0.3) is 11.1 Å². The summed E-state index contributed by atoms with van der Waals surface area (Å²) in [5.74, 6) is -0.734. The van der Waals surface area contributed by atoms with E-state index in [2.05, 4.69) is 15.7 Å². The maximum absolute atomic E-state index is 14.9. The molecule has 0 bridgehead atoms. The lowest BCUT2D eigenvalue weighted by Crippen LogP contribution is -2.46. The van der Waals surface area contributed by atoms with Crippen molar-refractivity contribution in [2.75, 3.05) is 10.6 Å². The summed E-state index contributed by atoms with van der Waals surface area (Å²) >= 11 is 5.85. The van der Waals surface area contributed by atoms with Gasteiger partial charge in [-0.1, -0.05) is 35.9 Å². The summed E-state index contributed by atoms with van der Waals surface area (Å²) in [6.07, 6.45) is 0.357. The van der Waals surface area contributed by atoms with Crippen LogP contribution in [-0.2, 0) is 10.0 Å². The Labute approximate surface area is 206 Å². The molecule has 0 saturated carbocycles. The Balaban J connectivity index is 1.48. The first kappa shape index (κ1) is 24.6. The normalized spacial score (nSPS) is 16.2. The van der Waals surface area contributed by atoms with Crippen molar-refractivity contribution in [3.63, 3.8) is 0 Å². The maximum Gasteiger partial charge on any atom is 0.342 e. The third kappa shape index (κ3) is 5.60. The minimum Gasteiger partial charge on any atom is -0.371 e. The molecule has 0 aromatic heterocycles. The van der Waals surface area contributed by atoms with Gasteiger partial charge in [0, 0.05) is 28.9 Å². The van der Waals surface area contributed by atoms with Crippen molar-refractivity contribution in [3.05, 3.63) is 77.6 Å². The van der Waals surface area contributed by atoms with Gasteiger partial charge in [0.1, 0.15) is 18.1 Å². The molecule has 1 aliphatic heterocycles. The molecule has 0 aliphatic carbocycles. The number of carbonyl (C=O) groups is 1. The number of benzene rings is 3. The number of anilines is 2. The molecule has 0 fully saturated rings. The van der Waals surface area contributed by atoms with Crippen molar-refractivity contribution in [3.8, 4) is 11.1 Å². The monoisotopic (exact) mass is 517 g/mol. The van der Waals surface area contributed by atoms with Crippen molar-refractivity contribution in [2.24, 2.45) is 10.2 Å². The maximum atomic E-state index is 14.9. The van der Waals surface area contributed by atoms with E-state index in [4.69, 9.17) is 16.7 Å². The van der Waals surface area contributed by atoms with Gasteiger partial charge in [-0.25, -0.2) is 27.8 Å². The molecule has 1 aliphatic rings. The number of aliphatic hydroxyl groups excluding tert-OH is 1. The molecule has 182 valence electrons. The van der Waals surface area contributed by atoms with Crippen LogP contribution in [0, 0.1) is 5.82 Å². The van der Waals surface area contributed by atoms with Crippen molar-refractivity contribution < 1.29 is 22.7 Å². The van der Waals surface area contributed by atoms with Gasteiger partial charge in [0.25, 0.3) is 0 Å². The van der Waals surface area contributed by atoms with E-state index < -0.39 is 34.1 Å². The van der Waals surface area contributed by atoms with Crippen molar-refractivity contribution in [1.82, 2.24) is 5.01 Å². The zero-order valence-electron chi connectivity index (χ0n) is 18.1. The van der Waals surface area contributed by atoms with Gasteiger partial charge in [0.2, 0.25) is 10.0 Å². The van der Waals surface area contributed by atoms with Gasteiger partial charge in [-0.05, 0) is 48.0 Å². The summed E-state index contributed by atoms with van der Waals surface area (Å²) in [5.41, 5.74) is 0.985. The van der Waals surface area contributed by atoms with E-state index in [-0.39, 0.29) is 22.6 Å². The number of urea groups is 1. The van der Waals surface area contributed by atoms with Gasteiger partial charge in [-0.3, -0.25) is 0 Å². The molecule has 1 heterocycles. The number of primary sulfonamides is 1. The van der Waals surface area contributed by atoms with E-state index in [0.29, 0.717) is 16.3 Å². The largest absolute Gasteiger partial charge is 0.371 e. The van der Waals surface area contributed by atoms with Crippen LogP contribution in [0.5, 0.6) is 0 Å². The third-order valence-electron chi connectivity index (χ3n) is 5.31. The predicted octanol–water partition coefficient (Wildman–Crippen LogP) is 3.82. The highest BCUT2D eigenvalue weighted by Crippen LogP contribution is 2.30. The van der Waals surface area contributed by atoms with Crippen LogP contribution in [0.2, 0.25) is 5.02 Å². The zero-order chi connectivity index (χ0) is 25.2. The van der Waals surface area contributed by atoms with Crippen molar-refractivity contribution in [2.45, 2.75) is 23.6 Å². The summed E-state index contributed by atoms with van der Waals surface area (Å²) in [4.78, 5) is 12.5. The van der Waals surface area contributed by atoms with Crippen LogP contribution in [0.3, 0.4) is 0 Å². The number of hydrogen-bond acceptors (Lipinski definition) is 6. The second-order valence-corrected chi connectivity index (χ2v) is 9.67. The Morgan fingerprint density at radius 2 is 1.89 bits per heavy atom. The fourth-order valence-corrected chi connectivity index (χ4v) is 4.50. The molecule has 2 unspecified atom stereocenters. The number of halogens is 2. The number of aliphatic hydroxyl groups is 1. The highest BCUT2D eigenvalue weighted by Gasteiger charge is 2.33. The topological polar surface area (TPSA) is 137 Å². The van der Waals surface area contributed by atoms with E-state index in [0.717, 1.165) is 11.1 Å². The smallest absolute Gasteiger partial charge is 0.342 e. The Morgan fingerprint density at radius 1 is 1.17 bits per heavy atom. The summed E-state index contributed by atoms with van der Waals surface area (Å²) < 4.78 is 38.6. The van der Waals surface area contributed by atoms with E-state index >= 15 is 0 Å². The molecule has 12 heteroatoms. The van der Waals surface area contributed by atoms with Crippen LogP contribution in [0.1, 0.15) is 6.42 Å². The lowest BCUT2D eigenvalue weighted by Gasteiger charge is -2.27. The SMILES string of the molecule is NS(=O)(=O)c1ccccc1-c1ccc(NC(O)C2CC=NN2C(=O)Nc2ccc(Cl)cc2)c(F)c1. The number of nitrogens with two attached hydrogens (primary N) is 1. The highest BCUT2D eigenvalue weighted by atomic mass is 35.5. The number of nitrogens with zero attached hydrogens (tertiary/aromatic N) is 2. The summed E-state index contributed by atoms with van der Waals surface area (Å²) in [5, 5.41) is 26.9. The fraction of sp³-hybridized carbons (Fsp3) is 0.130. The first-order valence-electron chi connectivity index (χ1n) is 10.4. The number of nitrogens with one attached hydrogen (secondary N) is 2. The molecule has 35 heavy (non-hydrogen) atoms. The second kappa shape index (κ2) is 10.0. The molecule has 2 amide bonds. The zero-order valence-corrected chi connectivity index (χ0v) is 19.7. The van der Waals surface area contributed by atoms with Gasteiger partial charge in [0.15, 0.2) is 0 Å². The predicted molar refractivity (Wildman–Crippen MR) is 132 cm³/mol. The van der Waals surface area contributed by atoms with Crippen LogP contribution < -0.4 is 15.8 Å². The lowest BCUT2D eigenvalue weighted by atomic mass is 10.0. The van der Waals surface area contributed by atoms with Crippen molar-refractivity contribution >= 4 is 45.2 Å². The number of hydrogen-bond donors (Lipinski definition) is 4. The summed E-state index contributed by atoms with van der Waals surface area (Å²) in [6, 6.07) is 15.1. The molecular formula is C23H21ClFN5O4S. The minimum atomic E-state index is -4.02. The average molecular weight is 518 g/mol. The Kier molecular flexibility index (Phi) is 7.03. The first-order chi connectivity index (χ1) is 16.6. The molecule has 4 rings (SSSR count). The Hall–Kier alpha value is -3.51. The molecule has 2 atom stereocenters. The molecule has 0 spiro atoms. The minimum absolute atomic E-state index is 0.0423. The number of sulfonamides is 1. The Morgan fingerprint density at radius 3 is 2.57 bits per heavy atom. The molecule has 5 N–H and O–H groups in total. The molecule has 3 aromatic rings. The van der Waals surface area contributed by atoms with E-state index in [1.54, 1.807) is 30.3 Å². The van der Waals surface area contributed by atoms with E-state index in [9.17, 15) is 22.7 Å². The fourth-order valence-electron chi connectivity index (χ4n) is 3.62. The quantitative estimate of drug-likeness (QED) is 0.368. The highest BCUT2D eigenvalue weighted by molar-refractivity contribution is 7.89. The van der Waals surface area contributed by atoms with Crippen molar-refractivity contribution in [1.29, 1.82) is 0 Å². The standard InChI is InChI=1S/C23H21ClFN5O4S/c24-15-6-8-16(9-7-15)28-23(32)30-20(11-12-27-30)22(31)29-19-10-5-14(13-18(19)25)17-3-1-2-4-21(17)35(26,33)34/h1-10,12-13,20,22,29,31H,11H2,(H,28,32)(H2,26,33,34). The Bertz CT molecular complexity index is 1380.